The van der Waals surface area contributed by atoms with Crippen LogP contribution in [-0.2, 0) is 9.59 Å². The molecule has 0 spiro atoms. The summed E-state index contributed by atoms with van der Waals surface area (Å²) in [5.74, 6) is -1.31. The molecule has 0 N–H and O–H groups in total. The van der Waals surface area contributed by atoms with Crippen LogP contribution in [0.3, 0.4) is 0 Å². The van der Waals surface area contributed by atoms with Gasteiger partial charge in [0, 0.05) is 11.6 Å². The summed E-state index contributed by atoms with van der Waals surface area (Å²) in [5, 5.41) is 0.581. The normalized spacial score (nSPS) is 30.9. The average molecular weight is 486 g/mol. The highest BCUT2D eigenvalue weighted by molar-refractivity contribution is 6.42. The zero-order chi connectivity index (χ0) is 23.0. The highest BCUT2D eigenvalue weighted by atomic mass is 35.5. The van der Waals surface area contributed by atoms with Gasteiger partial charge in [0.05, 0.1) is 27.6 Å². The number of nitrogens with zero attached hydrogens (tertiary/aromatic N) is 1. The lowest BCUT2D eigenvalue weighted by Gasteiger charge is -2.37. The Morgan fingerprint density at radius 1 is 0.970 bits per heavy atom. The molecule has 168 valence electrons. The van der Waals surface area contributed by atoms with Crippen molar-refractivity contribution in [3.8, 4) is 5.75 Å². The monoisotopic (exact) mass is 485 g/mol. The summed E-state index contributed by atoms with van der Waals surface area (Å²) >= 11 is 11.8. The summed E-state index contributed by atoms with van der Waals surface area (Å²) in [5.41, 5.74) is 0.245. The Morgan fingerprint density at radius 2 is 1.64 bits per heavy atom. The van der Waals surface area contributed by atoms with Crippen molar-refractivity contribution in [2.45, 2.75) is 6.42 Å². The van der Waals surface area contributed by atoms with Gasteiger partial charge < -0.3 is 4.74 Å². The minimum absolute atomic E-state index is 0.0735. The fraction of sp³-hybridized carbons (Fsp3) is 0.320. The van der Waals surface area contributed by atoms with Gasteiger partial charge >= 0.3 is 0 Å². The first-order valence-electron chi connectivity index (χ1n) is 10.8. The number of halogens is 3. The van der Waals surface area contributed by atoms with Gasteiger partial charge in [-0.3, -0.25) is 14.4 Å². The van der Waals surface area contributed by atoms with Crippen molar-refractivity contribution in [2.24, 2.45) is 35.5 Å². The van der Waals surface area contributed by atoms with Crippen LogP contribution in [0.4, 0.5) is 10.1 Å². The molecule has 2 aromatic carbocycles. The molecule has 1 saturated heterocycles. The minimum Gasteiger partial charge on any atom is -0.485 e. The molecule has 3 fully saturated rings. The molecule has 2 bridgehead atoms. The Kier molecular flexibility index (Phi) is 4.68. The fourth-order valence-corrected chi connectivity index (χ4v) is 6.15. The van der Waals surface area contributed by atoms with E-state index in [4.69, 9.17) is 27.9 Å². The van der Waals surface area contributed by atoms with E-state index in [0.717, 1.165) is 17.4 Å². The van der Waals surface area contributed by atoms with Gasteiger partial charge in [0.15, 0.2) is 18.2 Å². The topological polar surface area (TPSA) is 63.7 Å². The summed E-state index contributed by atoms with van der Waals surface area (Å²) in [6, 6.07) is 8.38. The van der Waals surface area contributed by atoms with Gasteiger partial charge in [-0.2, -0.15) is 0 Å². The van der Waals surface area contributed by atoms with Crippen LogP contribution in [0.25, 0.3) is 0 Å². The van der Waals surface area contributed by atoms with Crippen molar-refractivity contribution in [2.75, 3.05) is 11.5 Å². The number of carbonyl (C=O) groups excluding carboxylic acids is 3. The third-order valence-electron chi connectivity index (χ3n) is 7.43. The van der Waals surface area contributed by atoms with E-state index in [1.807, 2.05) is 0 Å². The van der Waals surface area contributed by atoms with Crippen LogP contribution in [0.15, 0.2) is 48.6 Å². The van der Waals surface area contributed by atoms with Crippen LogP contribution in [0.5, 0.6) is 5.75 Å². The highest BCUT2D eigenvalue weighted by Gasteiger charge is 2.67. The van der Waals surface area contributed by atoms with Crippen molar-refractivity contribution in [3.05, 3.63) is 70.0 Å². The van der Waals surface area contributed by atoms with Crippen molar-refractivity contribution in [1.29, 1.82) is 0 Å². The molecule has 33 heavy (non-hydrogen) atoms. The molecule has 5 aliphatic rings. The van der Waals surface area contributed by atoms with E-state index < -0.39 is 17.7 Å². The molecule has 8 heteroatoms. The smallest absolute Gasteiger partial charge is 0.238 e. The number of anilines is 1. The molecule has 5 nitrogen and oxygen atoms in total. The lowest BCUT2D eigenvalue weighted by molar-refractivity contribution is -0.124. The largest absolute Gasteiger partial charge is 0.485 e. The number of hydrogen-bond acceptors (Lipinski definition) is 4. The minimum atomic E-state index is -0.750. The van der Waals surface area contributed by atoms with E-state index in [2.05, 4.69) is 12.2 Å². The van der Waals surface area contributed by atoms with Gasteiger partial charge in [-0.25, -0.2) is 9.29 Å². The van der Waals surface area contributed by atoms with E-state index in [1.165, 1.54) is 30.3 Å². The molecule has 6 atom stereocenters. The lowest BCUT2D eigenvalue weighted by Crippen LogP contribution is -2.40. The number of allylic oxidation sites excluding steroid dienone is 2. The number of amides is 2. The second kappa shape index (κ2) is 7.40. The van der Waals surface area contributed by atoms with Crippen LogP contribution in [0.1, 0.15) is 16.8 Å². The van der Waals surface area contributed by atoms with Gasteiger partial charge in [0.1, 0.15) is 5.75 Å². The third kappa shape index (κ3) is 3.15. The second-order valence-electron chi connectivity index (χ2n) is 9.12. The summed E-state index contributed by atoms with van der Waals surface area (Å²) in [4.78, 5) is 39.7. The molecule has 4 unspecified atom stereocenters. The number of ether oxygens (including phenoxy) is 1. The maximum absolute atomic E-state index is 15.0. The van der Waals surface area contributed by atoms with E-state index >= 15 is 4.39 Å². The molecule has 1 aliphatic heterocycles. The Balaban J connectivity index is 1.19. The molecule has 4 aliphatic carbocycles. The van der Waals surface area contributed by atoms with Crippen molar-refractivity contribution in [3.63, 3.8) is 0 Å². The third-order valence-corrected chi connectivity index (χ3v) is 8.17. The molecule has 1 heterocycles. The number of benzene rings is 2. The summed E-state index contributed by atoms with van der Waals surface area (Å²) in [6.07, 6.45) is 5.22. The summed E-state index contributed by atoms with van der Waals surface area (Å²) in [6.45, 7) is -0.333. The average Bonchev–Trinajstić information content (AvgIpc) is 3.58. The van der Waals surface area contributed by atoms with Gasteiger partial charge in [-0.1, -0.05) is 35.4 Å². The van der Waals surface area contributed by atoms with Crippen molar-refractivity contribution in [1.82, 2.24) is 0 Å². The summed E-state index contributed by atoms with van der Waals surface area (Å²) in [7, 11) is 0. The predicted octanol–water partition coefficient (Wildman–Crippen LogP) is 4.95. The van der Waals surface area contributed by atoms with E-state index in [0.29, 0.717) is 22.4 Å². The van der Waals surface area contributed by atoms with Gasteiger partial charge in [-0.15, -0.1) is 0 Å². The quantitative estimate of drug-likeness (QED) is 0.341. The standard InChI is InChI=1S/C25H18Cl2FNO4/c26-17-5-1-11(7-18(17)27)21(30)10-33-12-2-6-20(19(28)8-12)29-24(31)22-13-3-4-14(16-9-15(13)16)23(22)25(29)32/h1-8,13-16,22-23H,9-10H2/t13-,14?,15?,16-,22?,23?/m1/s1. The number of ketones is 1. The number of rotatable bonds is 5. The molecule has 0 radical (unpaired) electrons. The predicted molar refractivity (Wildman–Crippen MR) is 120 cm³/mol. The van der Waals surface area contributed by atoms with Crippen molar-refractivity contribution >= 4 is 46.5 Å². The van der Waals surface area contributed by atoms with Crippen LogP contribution in [-0.4, -0.2) is 24.2 Å². The zero-order valence-electron chi connectivity index (χ0n) is 17.2. The Morgan fingerprint density at radius 3 is 2.24 bits per heavy atom. The molecule has 2 aromatic rings. The maximum atomic E-state index is 15.0. The highest BCUT2D eigenvalue weighted by Crippen LogP contribution is 2.65. The van der Waals surface area contributed by atoms with Crippen LogP contribution in [0, 0.1) is 41.3 Å². The summed E-state index contributed by atoms with van der Waals surface area (Å²) < 4.78 is 20.4. The Bertz CT molecular complexity index is 1220. The van der Waals surface area contributed by atoms with E-state index in [1.54, 1.807) is 0 Å². The molecule has 7 rings (SSSR count). The molecular formula is C25H18Cl2FNO4. The van der Waals surface area contributed by atoms with Crippen LogP contribution >= 0.6 is 23.2 Å². The van der Waals surface area contributed by atoms with Crippen LogP contribution < -0.4 is 9.64 Å². The maximum Gasteiger partial charge on any atom is 0.238 e. The van der Waals surface area contributed by atoms with Crippen molar-refractivity contribution < 1.29 is 23.5 Å². The molecule has 2 saturated carbocycles. The Labute approximate surface area is 199 Å². The number of hydrogen-bond donors (Lipinski definition) is 0. The van der Waals surface area contributed by atoms with E-state index in [-0.39, 0.29) is 52.5 Å². The first kappa shape index (κ1) is 20.9. The molecular weight excluding hydrogens is 468 g/mol. The van der Waals surface area contributed by atoms with Gasteiger partial charge in [0.2, 0.25) is 11.8 Å². The second-order valence-corrected chi connectivity index (χ2v) is 9.93. The van der Waals surface area contributed by atoms with Gasteiger partial charge in [-0.05, 0) is 60.4 Å². The first-order chi connectivity index (χ1) is 15.8. The molecule has 2 amide bonds. The number of imide groups is 1. The fourth-order valence-electron chi connectivity index (χ4n) is 5.85. The van der Waals surface area contributed by atoms with E-state index in [9.17, 15) is 14.4 Å². The zero-order valence-corrected chi connectivity index (χ0v) is 18.7. The number of Topliss-reactive ketones (excluding diaryl/α,β-unsaturated/α-hetero) is 1. The van der Waals surface area contributed by atoms with Crippen LogP contribution in [0.2, 0.25) is 10.0 Å². The lowest BCUT2D eigenvalue weighted by atomic mass is 9.63. The van der Waals surface area contributed by atoms with Gasteiger partial charge in [0.25, 0.3) is 0 Å². The molecule has 0 aromatic heterocycles. The first-order valence-corrected chi connectivity index (χ1v) is 11.6. The number of carbonyl (C=O) groups is 3. The SMILES string of the molecule is O=C(COc1ccc(N2C(=O)C3C(C2=O)[C@@H]2C=CC3[C@H]3CC23)c(F)c1)c1ccc(Cl)c(Cl)c1. The Hall–Kier alpha value is -2.70.